The summed E-state index contributed by atoms with van der Waals surface area (Å²) in [6.45, 7) is 2.52. The fourth-order valence-corrected chi connectivity index (χ4v) is 5.14. The first kappa shape index (κ1) is 18.0. The van der Waals surface area contributed by atoms with Crippen molar-refractivity contribution in [2.24, 2.45) is 0 Å². The van der Waals surface area contributed by atoms with Gasteiger partial charge in [-0.15, -0.1) is 0 Å². The van der Waals surface area contributed by atoms with Gasteiger partial charge in [-0.05, 0) is 50.6 Å². The molecule has 1 aromatic carbocycles. The van der Waals surface area contributed by atoms with E-state index in [1.54, 1.807) is 7.11 Å². The Bertz CT molecular complexity index is 815. The molecule has 5 rings (SSSR count). The van der Waals surface area contributed by atoms with Gasteiger partial charge in [-0.3, -0.25) is 0 Å². The number of carbonyl (C=O) groups excluding carboxylic acids is 1. The summed E-state index contributed by atoms with van der Waals surface area (Å²) in [5, 5.41) is 0. The molecule has 0 aromatic heterocycles. The number of esters is 1. The average molecular weight is 385 g/mol. The smallest absolute Gasteiger partial charge is 0.335 e. The lowest BCUT2D eigenvalue weighted by Gasteiger charge is -2.37. The minimum Gasteiger partial charge on any atom is -0.493 e. The maximum atomic E-state index is 12.4. The maximum Gasteiger partial charge on any atom is 0.335 e. The van der Waals surface area contributed by atoms with Gasteiger partial charge >= 0.3 is 5.97 Å². The van der Waals surface area contributed by atoms with E-state index in [2.05, 4.69) is 30.2 Å². The van der Waals surface area contributed by atoms with Crippen LogP contribution in [0.4, 0.5) is 0 Å². The van der Waals surface area contributed by atoms with Crippen LogP contribution in [0.5, 0.6) is 11.5 Å². The van der Waals surface area contributed by atoms with Gasteiger partial charge in [0.1, 0.15) is 12.2 Å². The molecule has 3 heterocycles. The van der Waals surface area contributed by atoms with Crippen LogP contribution < -0.4 is 9.47 Å². The van der Waals surface area contributed by atoms with Crippen molar-refractivity contribution in [2.45, 2.75) is 56.0 Å². The highest BCUT2D eigenvalue weighted by atomic mass is 16.6. The number of benzene rings is 1. The molecule has 0 bridgehead atoms. The molecular weight excluding hydrogens is 358 g/mol. The molecular formula is C22H27NO5. The lowest BCUT2D eigenvalue weighted by atomic mass is 9.69. The number of hydrogen-bond donors (Lipinski definition) is 0. The molecule has 1 fully saturated rings. The zero-order chi connectivity index (χ0) is 19.3. The van der Waals surface area contributed by atoms with E-state index < -0.39 is 6.10 Å². The van der Waals surface area contributed by atoms with Crippen LogP contribution in [0.15, 0.2) is 24.3 Å². The van der Waals surface area contributed by atoms with Gasteiger partial charge < -0.3 is 23.8 Å². The van der Waals surface area contributed by atoms with Gasteiger partial charge in [-0.25, -0.2) is 4.79 Å². The Kier molecular flexibility index (Phi) is 4.36. The van der Waals surface area contributed by atoms with E-state index in [0.717, 1.165) is 43.9 Å². The molecule has 0 amide bonds. The minimum atomic E-state index is -0.413. The Labute approximate surface area is 165 Å². The molecule has 1 unspecified atom stereocenters. The van der Waals surface area contributed by atoms with Gasteiger partial charge in [-0.1, -0.05) is 12.1 Å². The van der Waals surface area contributed by atoms with E-state index >= 15 is 0 Å². The van der Waals surface area contributed by atoms with Gasteiger partial charge in [-0.2, -0.15) is 0 Å². The zero-order valence-electron chi connectivity index (χ0n) is 16.5. The van der Waals surface area contributed by atoms with Crippen molar-refractivity contribution < 1.29 is 23.7 Å². The second-order valence-corrected chi connectivity index (χ2v) is 8.34. The van der Waals surface area contributed by atoms with Crippen LogP contribution in [-0.4, -0.2) is 56.5 Å². The van der Waals surface area contributed by atoms with Gasteiger partial charge in [0, 0.05) is 25.1 Å². The standard InChI is InChI=1S/C22H27NO5/c1-23-10-9-22-8-7-15(27-21(24)17-4-3-11-26-17)12-18(22)28-20-16(25-2)6-5-14(13-23)19(20)22/h5-8,15,17-18H,3-4,9-13H2,1-2H3/t15-,17?,18-,22-/m0/s1. The predicted octanol–water partition coefficient (Wildman–Crippen LogP) is 2.58. The topological polar surface area (TPSA) is 57.2 Å². The van der Waals surface area contributed by atoms with Gasteiger partial charge in [0.15, 0.2) is 17.6 Å². The lowest BCUT2D eigenvalue weighted by molar-refractivity contribution is -0.159. The monoisotopic (exact) mass is 385 g/mol. The predicted molar refractivity (Wildman–Crippen MR) is 103 cm³/mol. The van der Waals surface area contributed by atoms with Gasteiger partial charge in [0.05, 0.1) is 12.5 Å². The summed E-state index contributed by atoms with van der Waals surface area (Å²) < 4.78 is 23.3. The molecule has 150 valence electrons. The third-order valence-corrected chi connectivity index (χ3v) is 6.59. The zero-order valence-corrected chi connectivity index (χ0v) is 16.5. The Morgan fingerprint density at radius 2 is 2.25 bits per heavy atom. The van der Waals surface area contributed by atoms with Crippen molar-refractivity contribution in [3.05, 3.63) is 35.4 Å². The van der Waals surface area contributed by atoms with Gasteiger partial charge in [0.25, 0.3) is 0 Å². The first-order valence-corrected chi connectivity index (χ1v) is 10.2. The Balaban J connectivity index is 1.46. The largest absolute Gasteiger partial charge is 0.493 e. The second kappa shape index (κ2) is 6.78. The van der Waals surface area contributed by atoms with E-state index in [1.807, 2.05) is 6.07 Å². The normalized spacial score (nSPS) is 33.6. The quantitative estimate of drug-likeness (QED) is 0.589. The highest BCUT2D eigenvalue weighted by molar-refractivity contribution is 5.75. The Hall–Kier alpha value is -2.05. The van der Waals surface area contributed by atoms with Crippen molar-refractivity contribution in [3.63, 3.8) is 0 Å². The number of hydrogen-bond acceptors (Lipinski definition) is 6. The molecule has 0 N–H and O–H groups in total. The molecule has 6 nitrogen and oxygen atoms in total. The lowest BCUT2D eigenvalue weighted by Crippen LogP contribution is -2.44. The highest BCUT2D eigenvalue weighted by Gasteiger charge is 2.53. The molecule has 3 aliphatic heterocycles. The van der Waals surface area contributed by atoms with Crippen molar-refractivity contribution in [1.82, 2.24) is 4.90 Å². The molecule has 1 aliphatic carbocycles. The van der Waals surface area contributed by atoms with Crippen LogP contribution in [0.1, 0.15) is 36.8 Å². The van der Waals surface area contributed by atoms with Crippen LogP contribution >= 0.6 is 0 Å². The number of carbonyl (C=O) groups is 1. The molecule has 1 saturated heterocycles. The van der Waals surface area contributed by atoms with E-state index in [0.29, 0.717) is 13.0 Å². The van der Waals surface area contributed by atoms with Crippen LogP contribution in [-0.2, 0) is 26.2 Å². The Morgan fingerprint density at radius 1 is 1.36 bits per heavy atom. The minimum absolute atomic E-state index is 0.0589. The van der Waals surface area contributed by atoms with E-state index in [4.69, 9.17) is 18.9 Å². The van der Waals surface area contributed by atoms with Crippen LogP contribution in [0.2, 0.25) is 0 Å². The maximum absolute atomic E-state index is 12.4. The third kappa shape index (κ3) is 2.73. The highest BCUT2D eigenvalue weighted by Crippen LogP contribution is 2.55. The van der Waals surface area contributed by atoms with E-state index in [9.17, 15) is 4.79 Å². The van der Waals surface area contributed by atoms with Crippen LogP contribution in [0.3, 0.4) is 0 Å². The summed E-state index contributed by atoms with van der Waals surface area (Å²) in [7, 11) is 3.84. The second-order valence-electron chi connectivity index (χ2n) is 8.34. The van der Waals surface area contributed by atoms with Crippen molar-refractivity contribution in [3.8, 4) is 11.5 Å². The molecule has 4 atom stereocenters. The summed E-state index contributed by atoms with van der Waals surface area (Å²) in [4.78, 5) is 14.7. The van der Waals surface area contributed by atoms with Crippen molar-refractivity contribution in [2.75, 3.05) is 27.3 Å². The number of ether oxygens (including phenoxy) is 4. The average Bonchev–Trinajstić information content (AvgIpc) is 3.30. The fraction of sp³-hybridized carbons (Fsp3) is 0.591. The molecule has 1 aromatic rings. The number of rotatable bonds is 3. The van der Waals surface area contributed by atoms with Crippen molar-refractivity contribution in [1.29, 1.82) is 0 Å². The third-order valence-electron chi connectivity index (χ3n) is 6.59. The van der Waals surface area contributed by atoms with Crippen LogP contribution in [0, 0.1) is 0 Å². The molecule has 28 heavy (non-hydrogen) atoms. The SMILES string of the molecule is COc1ccc2c3c1O[C@H]1C[C@@H](OC(=O)C4CCCO4)C=C[C@@]31CCN(C)C2. The number of methoxy groups -OCH3 is 1. The summed E-state index contributed by atoms with van der Waals surface area (Å²) in [5.41, 5.74) is 2.36. The van der Waals surface area contributed by atoms with E-state index in [1.165, 1.54) is 11.1 Å². The number of nitrogens with zero attached hydrogens (tertiary/aromatic N) is 1. The summed E-state index contributed by atoms with van der Waals surface area (Å²) in [6.07, 6.45) is 6.81. The van der Waals surface area contributed by atoms with Crippen LogP contribution in [0.25, 0.3) is 0 Å². The Morgan fingerprint density at radius 3 is 3.04 bits per heavy atom. The first-order chi connectivity index (χ1) is 13.6. The van der Waals surface area contributed by atoms with Crippen molar-refractivity contribution >= 4 is 5.97 Å². The summed E-state index contributed by atoms with van der Waals surface area (Å²) in [5.74, 6) is 1.38. The molecule has 4 aliphatic rings. The molecule has 6 heteroatoms. The fourth-order valence-electron chi connectivity index (χ4n) is 5.14. The van der Waals surface area contributed by atoms with E-state index in [-0.39, 0.29) is 23.6 Å². The summed E-state index contributed by atoms with van der Waals surface area (Å²) >= 11 is 0. The summed E-state index contributed by atoms with van der Waals surface area (Å²) in [6, 6.07) is 4.15. The molecule has 1 spiro atoms. The molecule has 0 saturated carbocycles. The van der Waals surface area contributed by atoms with Gasteiger partial charge in [0.2, 0.25) is 0 Å². The first-order valence-electron chi connectivity index (χ1n) is 10.2. The molecule has 0 radical (unpaired) electrons.